The van der Waals surface area contributed by atoms with Crippen molar-refractivity contribution in [3.05, 3.63) is 51.4 Å². The van der Waals surface area contributed by atoms with Gasteiger partial charge in [-0.1, -0.05) is 35.9 Å². The van der Waals surface area contributed by atoms with Gasteiger partial charge in [-0.15, -0.1) is 11.3 Å². The molecule has 0 saturated heterocycles. The zero-order valence-electron chi connectivity index (χ0n) is 10.8. The van der Waals surface area contributed by atoms with E-state index in [2.05, 4.69) is 4.72 Å². The second-order valence-electron chi connectivity index (χ2n) is 4.32. The van der Waals surface area contributed by atoms with Crippen LogP contribution in [0.2, 0.25) is 4.34 Å². The molecular formula is C13H14ClNO3S2. The Morgan fingerprint density at radius 1 is 1.30 bits per heavy atom. The maximum Gasteiger partial charge on any atom is 0.250 e. The summed E-state index contributed by atoms with van der Waals surface area (Å²) in [4.78, 5) is 0. The number of hydrogen-bond acceptors (Lipinski definition) is 4. The largest absolute Gasteiger partial charge is 0.392 e. The van der Waals surface area contributed by atoms with Crippen LogP contribution in [0.3, 0.4) is 0 Å². The van der Waals surface area contributed by atoms with Crippen LogP contribution >= 0.6 is 22.9 Å². The van der Waals surface area contributed by atoms with Crippen molar-refractivity contribution in [1.29, 1.82) is 0 Å². The fourth-order valence-corrected chi connectivity index (χ4v) is 4.42. The van der Waals surface area contributed by atoms with E-state index in [1.165, 1.54) is 0 Å². The number of thiophene rings is 1. The molecule has 0 saturated carbocycles. The van der Waals surface area contributed by atoms with Gasteiger partial charge in [0.1, 0.15) is 4.21 Å². The number of hydrogen-bond donors (Lipinski definition) is 2. The van der Waals surface area contributed by atoms with Gasteiger partial charge in [0, 0.05) is 6.54 Å². The van der Waals surface area contributed by atoms with Gasteiger partial charge in [-0.3, -0.25) is 0 Å². The third-order valence-corrected chi connectivity index (χ3v) is 6.17. The Morgan fingerprint density at radius 2 is 2.00 bits per heavy atom. The summed E-state index contributed by atoms with van der Waals surface area (Å²) in [6.07, 6.45) is 0. The quantitative estimate of drug-likeness (QED) is 0.885. The number of sulfonamides is 1. The van der Waals surface area contributed by atoms with Crippen LogP contribution < -0.4 is 4.72 Å². The molecule has 0 aliphatic rings. The Hall–Kier alpha value is -0.920. The van der Waals surface area contributed by atoms with E-state index >= 15 is 0 Å². The van der Waals surface area contributed by atoms with Crippen molar-refractivity contribution in [2.24, 2.45) is 0 Å². The monoisotopic (exact) mass is 331 g/mol. The Morgan fingerprint density at radius 3 is 2.60 bits per heavy atom. The van der Waals surface area contributed by atoms with E-state index in [-0.39, 0.29) is 17.4 Å². The van der Waals surface area contributed by atoms with Gasteiger partial charge in [-0.05, 0) is 29.7 Å². The third kappa shape index (κ3) is 3.59. The van der Waals surface area contributed by atoms with Crippen molar-refractivity contribution in [3.8, 4) is 0 Å². The lowest BCUT2D eigenvalue weighted by Gasteiger charge is -2.06. The Bertz CT molecular complexity index is 691. The highest BCUT2D eigenvalue weighted by Gasteiger charge is 2.18. The topological polar surface area (TPSA) is 66.4 Å². The van der Waals surface area contributed by atoms with Crippen LogP contribution in [-0.4, -0.2) is 13.5 Å². The summed E-state index contributed by atoms with van der Waals surface area (Å²) in [5, 5.41) is 9.05. The summed E-state index contributed by atoms with van der Waals surface area (Å²) in [6.45, 7) is 1.87. The van der Waals surface area contributed by atoms with Crippen molar-refractivity contribution in [3.63, 3.8) is 0 Å². The first-order valence-corrected chi connectivity index (χ1v) is 8.54. The SMILES string of the molecule is Cc1cc(S(=O)(=O)NCc2cccc(CO)c2)sc1Cl. The summed E-state index contributed by atoms with van der Waals surface area (Å²) in [5.74, 6) is 0. The van der Waals surface area contributed by atoms with E-state index in [4.69, 9.17) is 16.7 Å². The zero-order valence-corrected chi connectivity index (χ0v) is 13.1. The van der Waals surface area contributed by atoms with Gasteiger partial charge in [-0.2, -0.15) is 0 Å². The van der Waals surface area contributed by atoms with Crippen LogP contribution in [0.4, 0.5) is 0 Å². The Labute approximate surface area is 127 Å². The molecule has 108 valence electrons. The molecule has 20 heavy (non-hydrogen) atoms. The molecular weight excluding hydrogens is 318 g/mol. The van der Waals surface area contributed by atoms with Crippen LogP contribution in [0.1, 0.15) is 16.7 Å². The minimum atomic E-state index is -3.56. The van der Waals surface area contributed by atoms with Gasteiger partial charge >= 0.3 is 0 Å². The minimum absolute atomic E-state index is 0.0691. The lowest BCUT2D eigenvalue weighted by Crippen LogP contribution is -2.22. The fourth-order valence-electron chi connectivity index (χ4n) is 1.65. The number of halogens is 1. The van der Waals surface area contributed by atoms with Gasteiger partial charge < -0.3 is 5.11 Å². The van der Waals surface area contributed by atoms with Gasteiger partial charge in [-0.25, -0.2) is 13.1 Å². The van der Waals surface area contributed by atoms with Crippen molar-refractivity contribution >= 4 is 33.0 Å². The highest BCUT2D eigenvalue weighted by Crippen LogP contribution is 2.29. The lowest BCUT2D eigenvalue weighted by atomic mass is 10.1. The number of nitrogens with one attached hydrogen (secondary N) is 1. The molecule has 0 amide bonds. The zero-order chi connectivity index (χ0) is 14.8. The first-order chi connectivity index (χ1) is 9.42. The molecule has 1 aromatic heterocycles. The maximum atomic E-state index is 12.1. The summed E-state index contributed by atoms with van der Waals surface area (Å²) in [6, 6.07) is 8.67. The normalized spacial score (nSPS) is 11.8. The fraction of sp³-hybridized carbons (Fsp3) is 0.231. The molecule has 2 N–H and O–H groups in total. The molecule has 4 nitrogen and oxygen atoms in total. The van der Waals surface area contributed by atoms with E-state index in [0.717, 1.165) is 28.0 Å². The molecule has 2 rings (SSSR count). The molecule has 0 aliphatic carbocycles. The van der Waals surface area contributed by atoms with E-state index in [1.807, 2.05) is 0 Å². The number of aliphatic hydroxyl groups is 1. The molecule has 0 bridgehead atoms. The van der Waals surface area contributed by atoms with Crippen LogP contribution in [0.5, 0.6) is 0 Å². The predicted molar refractivity (Wildman–Crippen MR) is 80.5 cm³/mol. The molecule has 1 aromatic carbocycles. The molecule has 7 heteroatoms. The standard InChI is InChI=1S/C13H14ClNO3S2/c1-9-5-12(19-13(9)14)20(17,18)15-7-10-3-2-4-11(6-10)8-16/h2-6,15-16H,7-8H2,1H3. The molecule has 0 fully saturated rings. The second kappa shape index (κ2) is 6.24. The highest BCUT2D eigenvalue weighted by molar-refractivity contribution is 7.91. The Kier molecular flexibility index (Phi) is 4.82. The van der Waals surface area contributed by atoms with Gasteiger partial charge in [0.05, 0.1) is 10.9 Å². The van der Waals surface area contributed by atoms with Crippen molar-refractivity contribution in [2.75, 3.05) is 0 Å². The summed E-state index contributed by atoms with van der Waals surface area (Å²) in [5.41, 5.74) is 2.29. The van der Waals surface area contributed by atoms with Gasteiger partial charge in [0.15, 0.2) is 0 Å². The number of rotatable bonds is 5. The number of benzene rings is 1. The smallest absolute Gasteiger partial charge is 0.250 e. The predicted octanol–water partition coefficient (Wildman–Crippen LogP) is 2.68. The van der Waals surface area contributed by atoms with Crippen LogP contribution in [-0.2, 0) is 23.2 Å². The highest BCUT2D eigenvalue weighted by atomic mass is 35.5. The lowest BCUT2D eigenvalue weighted by molar-refractivity contribution is 0.281. The van der Waals surface area contributed by atoms with E-state index in [0.29, 0.717) is 4.34 Å². The van der Waals surface area contributed by atoms with Crippen LogP contribution in [0, 0.1) is 6.92 Å². The Balaban J connectivity index is 2.12. The summed E-state index contributed by atoms with van der Waals surface area (Å²) < 4.78 is 27.4. The molecule has 0 aliphatic heterocycles. The second-order valence-corrected chi connectivity index (χ2v) is 7.97. The van der Waals surface area contributed by atoms with E-state index in [9.17, 15) is 8.42 Å². The minimum Gasteiger partial charge on any atom is -0.392 e. The number of aliphatic hydroxyl groups excluding tert-OH is 1. The summed E-state index contributed by atoms with van der Waals surface area (Å²) in [7, 11) is -3.56. The van der Waals surface area contributed by atoms with E-state index < -0.39 is 10.0 Å². The maximum absolute atomic E-state index is 12.1. The van der Waals surface area contributed by atoms with Gasteiger partial charge in [0.2, 0.25) is 10.0 Å². The summed E-state index contributed by atoms with van der Waals surface area (Å²) >= 11 is 6.93. The molecule has 0 radical (unpaired) electrons. The first-order valence-electron chi connectivity index (χ1n) is 5.86. The van der Waals surface area contributed by atoms with Gasteiger partial charge in [0.25, 0.3) is 0 Å². The molecule has 2 aromatic rings. The molecule has 0 spiro atoms. The van der Waals surface area contributed by atoms with Crippen molar-refractivity contribution < 1.29 is 13.5 Å². The molecule has 1 heterocycles. The van der Waals surface area contributed by atoms with Crippen LogP contribution in [0.25, 0.3) is 0 Å². The first kappa shape index (κ1) is 15.5. The molecule has 0 atom stereocenters. The number of aryl methyl sites for hydroxylation is 1. The van der Waals surface area contributed by atoms with Crippen molar-refractivity contribution in [2.45, 2.75) is 24.3 Å². The third-order valence-electron chi connectivity index (χ3n) is 2.74. The van der Waals surface area contributed by atoms with Crippen LogP contribution in [0.15, 0.2) is 34.5 Å². The molecule has 0 unspecified atom stereocenters. The average molecular weight is 332 g/mol. The van der Waals surface area contributed by atoms with E-state index in [1.54, 1.807) is 37.3 Å². The van der Waals surface area contributed by atoms with Crippen molar-refractivity contribution in [1.82, 2.24) is 4.72 Å². The average Bonchev–Trinajstić information content (AvgIpc) is 2.78.